The number of aliphatic hydroxyl groups excluding tert-OH is 1. The molecule has 3 rings (SSSR count). The lowest BCUT2D eigenvalue weighted by molar-refractivity contribution is -0.137. The molecule has 0 saturated heterocycles. The van der Waals surface area contributed by atoms with Gasteiger partial charge in [0, 0.05) is 37.9 Å². The van der Waals surface area contributed by atoms with Gasteiger partial charge in [-0.25, -0.2) is 0 Å². The monoisotopic (exact) mass is 553 g/mol. The standard InChI is InChI=1S/C30H30F3N3O2S/c1-5-29(2,3)36(28(39)35(4)25-14-9-23(20-34)27(19-25)30(31,32)33)24-12-7-21(8-13-24)22-10-15-26(16-11-22)38-18-6-17-37/h1,7-10,12-15,19,37H,6,11,16-18H2,2-4H3. The molecule has 0 atom stereocenters. The van der Waals surface area contributed by atoms with Gasteiger partial charge in [-0.15, -0.1) is 6.42 Å². The fourth-order valence-corrected chi connectivity index (χ4v) is 4.58. The van der Waals surface area contributed by atoms with Crippen LogP contribution in [-0.4, -0.2) is 36.0 Å². The Bertz CT molecular complexity index is 1350. The van der Waals surface area contributed by atoms with Crippen LogP contribution in [0.3, 0.4) is 0 Å². The van der Waals surface area contributed by atoms with E-state index in [1.54, 1.807) is 31.9 Å². The van der Waals surface area contributed by atoms with Crippen LogP contribution in [0.4, 0.5) is 24.5 Å². The zero-order chi connectivity index (χ0) is 28.8. The van der Waals surface area contributed by atoms with Crippen molar-refractivity contribution in [3.05, 3.63) is 77.1 Å². The van der Waals surface area contributed by atoms with Crippen molar-refractivity contribution in [3.8, 4) is 18.4 Å². The zero-order valence-corrected chi connectivity index (χ0v) is 22.9. The summed E-state index contributed by atoms with van der Waals surface area (Å²) in [4.78, 5) is 3.17. The number of nitriles is 1. The van der Waals surface area contributed by atoms with Gasteiger partial charge < -0.3 is 19.6 Å². The minimum absolute atomic E-state index is 0.0928. The van der Waals surface area contributed by atoms with Gasteiger partial charge in [-0.05, 0) is 80.0 Å². The summed E-state index contributed by atoms with van der Waals surface area (Å²) in [5.41, 5.74) is 0.624. The number of aliphatic hydroxyl groups is 1. The lowest BCUT2D eigenvalue weighted by Gasteiger charge is -2.40. The Morgan fingerprint density at radius 2 is 1.77 bits per heavy atom. The van der Waals surface area contributed by atoms with E-state index >= 15 is 0 Å². The van der Waals surface area contributed by atoms with E-state index in [0.29, 0.717) is 18.7 Å². The number of terminal acetylenes is 1. The average molecular weight is 554 g/mol. The molecule has 0 bridgehead atoms. The molecule has 0 amide bonds. The number of rotatable bonds is 8. The van der Waals surface area contributed by atoms with Crippen LogP contribution < -0.4 is 9.80 Å². The highest BCUT2D eigenvalue weighted by atomic mass is 32.1. The molecule has 0 saturated carbocycles. The summed E-state index contributed by atoms with van der Waals surface area (Å²) in [5.74, 6) is 3.61. The lowest BCUT2D eigenvalue weighted by atomic mass is 9.95. The second kappa shape index (κ2) is 12.4. The molecule has 0 spiro atoms. The highest BCUT2D eigenvalue weighted by molar-refractivity contribution is 7.80. The molecule has 0 unspecified atom stereocenters. The van der Waals surface area contributed by atoms with Crippen LogP contribution in [0, 0.1) is 23.7 Å². The number of hydrogen-bond donors (Lipinski definition) is 1. The number of halogens is 3. The molecular formula is C30H30F3N3O2S. The number of nitrogens with zero attached hydrogens (tertiary/aromatic N) is 3. The van der Waals surface area contributed by atoms with Crippen molar-refractivity contribution in [2.75, 3.05) is 30.1 Å². The molecule has 39 heavy (non-hydrogen) atoms. The zero-order valence-electron chi connectivity index (χ0n) is 22.0. The van der Waals surface area contributed by atoms with Crippen LogP contribution >= 0.6 is 12.2 Å². The van der Waals surface area contributed by atoms with Crippen molar-refractivity contribution < 1.29 is 23.0 Å². The van der Waals surface area contributed by atoms with Gasteiger partial charge in [0.05, 0.1) is 29.6 Å². The summed E-state index contributed by atoms with van der Waals surface area (Å²) < 4.78 is 46.4. The Morgan fingerprint density at radius 3 is 2.31 bits per heavy atom. The number of benzene rings is 2. The van der Waals surface area contributed by atoms with E-state index in [-0.39, 0.29) is 17.4 Å². The van der Waals surface area contributed by atoms with E-state index in [1.807, 2.05) is 36.4 Å². The van der Waals surface area contributed by atoms with Gasteiger partial charge in [0.1, 0.15) is 5.54 Å². The summed E-state index contributed by atoms with van der Waals surface area (Å²) in [5, 5.41) is 18.2. The van der Waals surface area contributed by atoms with E-state index in [2.05, 4.69) is 5.92 Å². The Hall–Kier alpha value is -3.79. The molecule has 2 aromatic carbocycles. The van der Waals surface area contributed by atoms with Gasteiger partial charge in [-0.1, -0.05) is 24.1 Å². The van der Waals surface area contributed by atoms with Gasteiger partial charge in [-0.3, -0.25) is 0 Å². The van der Waals surface area contributed by atoms with E-state index in [4.69, 9.17) is 33.7 Å². The van der Waals surface area contributed by atoms with Gasteiger partial charge in [0.25, 0.3) is 0 Å². The highest BCUT2D eigenvalue weighted by Crippen LogP contribution is 2.36. The molecule has 9 heteroatoms. The smallest absolute Gasteiger partial charge is 0.417 e. The SMILES string of the molecule is C#CC(C)(C)N(C(=S)N(C)c1ccc(C#N)c(C(F)(F)F)c1)c1ccc(C2=CC=C(OCCCO)CC2)cc1. The molecular weight excluding hydrogens is 523 g/mol. The predicted octanol–water partition coefficient (Wildman–Crippen LogP) is 6.68. The number of ether oxygens (including phenoxy) is 1. The van der Waals surface area contributed by atoms with Crippen molar-refractivity contribution in [1.82, 2.24) is 0 Å². The summed E-state index contributed by atoms with van der Waals surface area (Å²) >= 11 is 5.75. The van der Waals surface area contributed by atoms with E-state index in [1.165, 1.54) is 11.0 Å². The Morgan fingerprint density at radius 1 is 1.10 bits per heavy atom. The predicted molar refractivity (Wildman–Crippen MR) is 152 cm³/mol. The van der Waals surface area contributed by atoms with Crippen LogP contribution in [0.25, 0.3) is 5.57 Å². The quantitative estimate of drug-likeness (QED) is 0.224. The molecule has 0 aliphatic heterocycles. The molecule has 1 aliphatic rings. The summed E-state index contributed by atoms with van der Waals surface area (Å²) in [6, 6.07) is 12.7. The minimum Gasteiger partial charge on any atom is -0.498 e. The first-order valence-electron chi connectivity index (χ1n) is 12.3. The Labute approximate surface area is 232 Å². The van der Waals surface area contributed by atoms with Gasteiger partial charge in [0.2, 0.25) is 0 Å². The molecule has 204 valence electrons. The van der Waals surface area contributed by atoms with E-state index < -0.39 is 22.8 Å². The van der Waals surface area contributed by atoms with Crippen molar-refractivity contribution in [1.29, 1.82) is 5.26 Å². The fraction of sp³-hybridized carbons (Fsp3) is 0.333. The second-order valence-electron chi connectivity index (χ2n) is 9.52. The maximum Gasteiger partial charge on any atom is 0.417 e. The molecule has 0 aromatic heterocycles. The average Bonchev–Trinajstić information content (AvgIpc) is 2.92. The van der Waals surface area contributed by atoms with Crippen LogP contribution in [0.15, 0.2) is 60.4 Å². The number of anilines is 2. The maximum absolute atomic E-state index is 13.6. The molecule has 0 radical (unpaired) electrons. The number of hydrogen-bond acceptors (Lipinski definition) is 4. The van der Waals surface area contributed by atoms with E-state index in [9.17, 15) is 13.2 Å². The van der Waals surface area contributed by atoms with Gasteiger partial charge in [0.15, 0.2) is 5.11 Å². The molecule has 0 fully saturated rings. The normalized spacial score (nSPS) is 13.5. The molecule has 1 aliphatic carbocycles. The van der Waals surface area contributed by atoms with Crippen LogP contribution in [0.5, 0.6) is 0 Å². The first-order valence-corrected chi connectivity index (χ1v) is 12.7. The number of allylic oxidation sites excluding steroid dienone is 4. The summed E-state index contributed by atoms with van der Waals surface area (Å²) in [7, 11) is 1.57. The van der Waals surface area contributed by atoms with Crippen LogP contribution in [0.2, 0.25) is 0 Å². The largest absolute Gasteiger partial charge is 0.498 e. The number of alkyl halides is 3. The number of thiocarbonyl (C=S) groups is 1. The molecule has 1 N–H and O–H groups in total. The van der Waals surface area contributed by atoms with Crippen molar-refractivity contribution in [2.24, 2.45) is 0 Å². The van der Waals surface area contributed by atoms with Crippen molar-refractivity contribution >= 4 is 34.3 Å². The second-order valence-corrected chi connectivity index (χ2v) is 9.88. The van der Waals surface area contributed by atoms with Crippen LogP contribution in [0.1, 0.15) is 49.8 Å². The third-order valence-electron chi connectivity index (χ3n) is 6.40. The topological polar surface area (TPSA) is 59.7 Å². The van der Waals surface area contributed by atoms with Crippen molar-refractivity contribution in [2.45, 2.75) is 44.8 Å². The molecule has 5 nitrogen and oxygen atoms in total. The van der Waals surface area contributed by atoms with Gasteiger partial charge >= 0.3 is 6.18 Å². The fourth-order valence-electron chi connectivity index (χ4n) is 4.14. The van der Waals surface area contributed by atoms with Crippen molar-refractivity contribution in [3.63, 3.8) is 0 Å². The summed E-state index contributed by atoms with van der Waals surface area (Å²) in [6.45, 7) is 4.17. The van der Waals surface area contributed by atoms with E-state index in [0.717, 1.165) is 41.9 Å². The highest BCUT2D eigenvalue weighted by Gasteiger charge is 2.35. The Kier molecular flexibility index (Phi) is 9.45. The lowest BCUT2D eigenvalue weighted by Crippen LogP contribution is -2.52. The summed E-state index contributed by atoms with van der Waals surface area (Å²) in [6.07, 6.45) is 7.25. The third kappa shape index (κ3) is 7.00. The van der Waals surface area contributed by atoms with Crippen LogP contribution in [-0.2, 0) is 10.9 Å². The third-order valence-corrected chi connectivity index (χ3v) is 6.86. The maximum atomic E-state index is 13.6. The van der Waals surface area contributed by atoms with Gasteiger partial charge in [-0.2, -0.15) is 18.4 Å². The Balaban J connectivity index is 1.90. The molecule has 0 heterocycles. The minimum atomic E-state index is -4.69. The first kappa shape index (κ1) is 29.8. The molecule has 2 aromatic rings. The first-order chi connectivity index (χ1) is 18.4.